The minimum atomic E-state index is -4.19. The minimum absolute atomic E-state index is 0. The van der Waals surface area contributed by atoms with Crippen LogP contribution in [0.3, 0.4) is 0 Å². The first-order valence-electron chi connectivity index (χ1n) is 21.4. The van der Waals surface area contributed by atoms with Crippen LogP contribution < -0.4 is 61.2 Å². The summed E-state index contributed by atoms with van der Waals surface area (Å²) < 4.78 is 113. The van der Waals surface area contributed by atoms with Crippen LogP contribution in [0.15, 0.2) is 0 Å². The van der Waals surface area contributed by atoms with Gasteiger partial charge in [0.2, 0.25) is 0 Å². The molecule has 0 saturated heterocycles. The molecule has 71 heavy (non-hydrogen) atoms. The molecule has 432 valence electrons. The van der Waals surface area contributed by atoms with E-state index in [4.69, 9.17) is 73.0 Å². The predicted octanol–water partition coefficient (Wildman–Crippen LogP) is 12.9. The molecular weight excluding hydrogens is 1240 g/mol. The van der Waals surface area contributed by atoms with E-state index in [1.54, 1.807) is 125 Å². The largest absolute Gasteiger partial charge is 1.00 e. The van der Waals surface area contributed by atoms with Gasteiger partial charge in [0, 0.05) is 9.13 Å². The third-order valence-corrected chi connectivity index (χ3v) is 12.0. The van der Waals surface area contributed by atoms with Gasteiger partial charge in [-0.3, -0.25) is 22.7 Å². The summed E-state index contributed by atoms with van der Waals surface area (Å²) in [6.45, 7) is 52.6. The van der Waals surface area contributed by atoms with E-state index in [2.05, 4.69) is 22.6 Å². The van der Waals surface area contributed by atoms with E-state index < -0.39 is 96.0 Å². The van der Waals surface area contributed by atoms with Crippen molar-refractivity contribution in [1.82, 2.24) is 0 Å². The fraction of sp³-hybridized carbons (Fsp3) is 1.00. The van der Waals surface area contributed by atoms with Crippen LogP contribution in [0.1, 0.15) is 208 Å². The number of phosphoric acid groups is 3. The zero-order valence-corrected chi connectivity index (χ0v) is 61.1. The van der Waals surface area contributed by atoms with Gasteiger partial charge in [-0.05, 0) is 208 Å². The van der Waals surface area contributed by atoms with Crippen molar-refractivity contribution in [3.05, 3.63) is 0 Å². The summed E-state index contributed by atoms with van der Waals surface area (Å²) in [5, 5.41) is 0. The summed E-state index contributed by atoms with van der Waals surface area (Å²) in [5.41, 5.74) is -5.90. The number of halogens is 4. The van der Waals surface area contributed by atoms with Crippen LogP contribution in [0, 0.1) is 0 Å². The Morgan fingerprint density at radius 1 is 0.394 bits per heavy atom. The average Bonchev–Trinajstić information content (AvgIpc) is 2.82. The van der Waals surface area contributed by atoms with E-state index >= 15 is 0 Å². The first kappa shape index (κ1) is 93.9. The van der Waals surface area contributed by atoms with Gasteiger partial charge in [0.25, 0.3) is 15.6 Å². The van der Waals surface area contributed by atoms with Crippen molar-refractivity contribution in [2.75, 3.05) is 9.95 Å². The number of phosphoric ester groups is 3. The molecule has 0 saturated carbocycles. The van der Waals surface area contributed by atoms with Crippen molar-refractivity contribution in [2.24, 2.45) is 0 Å². The zero-order valence-electron chi connectivity index (χ0n) is 49.0. The predicted molar refractivity (Wildman–Crippen MR) is 294 cm³/mol. The Labute approximate surface area is 505 Å². The van der Waals surface area contributed by atoms with Gasteiger partial charge in [0.15, 0.2) is 0 Å². The molecule has 0 amide bonds. The van der Waals surface area contributed by atoms with Crippen LogP contribution in [0.5, 0.6) is 0 Å². The van der Waals surface area contributed by atoms with Gasteiger partial charge in [-0.1, -0.05) is 34.2 Å². The molecule has 2 N–H and O–H groups in total. The van der Waals surface area contributed by atoms with Gasteiger partial charge in [0.05, 0.1) is 37.5 Å². The monoisotopic (exact) mass is 1330 g/mol. The van der Waals surface area contributed by atoms with Crippen molar-refractivity contribution in [3.8, 4) is 0 Å². The molecule has 0 aliphatic heterocycles. The van der Waals surface area contributed by atoms with Crippen LogP contribution >= 0.6 is 98.2 Å². The average molecular weight is 1330 g/mol. The summed E-state index contributed by atoms with van der Waals surface area (Å²) in [7, 11) is -16.0. The fourth-order valence-electron chi connectivity index (χ4n) is 3.11. The molecule has 19 nitrogen and oxygen atoms in total. The maximum absolute atomic E-state index is 12.1. The fourth-order valence-corrected chi connectivity index (χ4v) is 9.70. The number of rotatable bonds is 12. The van der Waals surface area contributed by atoms with Gasteiger partial charge >= 0.3 is 75.7 Å². The molecule has 0 atom stereocenters. The summed E-state index contributed by atoms with van der Waals surface area (Å²) in [4.78, 5) is 22.5. The first-order chi connectivity index (χ1) is 28.9. The van der Waals surface area contributed by atoms with E-state index in [-0.39, 0.29) is 75.3 Å². The molecule has 0 aromatic heterocycles. The van der Waals surface area contributed by atoms with Crippen molar-refractivity contribution in [2.45, 2.75) is 264 Å². The Balaban J connectivity index is -0.0000000944. The molecule has 0 aliphatic rings. The Morgan fingerprint density at radius 2 is 0.535 bits per heavy atom. The van der Waals surface area contributed by atoms with Crippen LogP contribution in [0.25, 0.3) is 0 Å². The summed E-state index contributed by atoms with van der Waals surface area (Å²) in [6, 6.07) is -0.233. The molecule has 0 fully saturated rings. The van der Waals surface area contributed by atoms with Crippen molar-refractivity contribution in [3.63, 3.8) is 0 Å². The SMILES string of the molecule is CC(C)(C)OP(=O)(OCCl)OC(C)(C)C.CC(C)(C)OP(=O)([O-])OC(C)(C)C.CC(C)(C)OP(=O)([O-])OC(C)(C)C.CC(C)(C)O[P+](=O)OC(C)(C)C.CC(C)(C)O[P+](=O)OC(C)(C)C.Cl.ClCI.O.[K+]. The van der Waals surface area contributed by atoms with Crippen LogP contribution in [-0.4, -0.2) is 71.4 Å². The molecule has 0 aromatic rings. The zero-order chi connectivity index (χ0) is 56.8. The van der Waals surface area contributed by atoms with E-state index in [9.17, 15) is 32.6 Å². The second kappa shape index (κ2) is 38.3. The van der Waals surface area contributed by atoms with E-state index in [1.165, 1.54) is 0 Å². The maximum atomic E-state index is 12.1. The standard InChI is InChI=1S/C9H20ClO4P.2C8H19O4P.2C8H18O3P.CH2ClI.ClH.K.H2O/c1-8(2,3)13-15(11,12-7-10)14-9(4,5)6;2*1-7(2,3)11-13(9,10)12-8(4,5)6;2*1-7(2,3)10-12(9)11-8(4,5)6;2-1-3;;;/h7H2,1-6H3;2*1-6H3,(H,9,10);2*1-6H3;1H2;1H;;1H2/q;;;2*+1;;;+1;/p-2. The maximum Gasteiger partial charge on any atom is 1.00 e. The smallest absolute Gasteiger partial charge is 0.756 e. The number of hydrogen-bond acceptors (Lipinski definition) is 18. The second-order valence-electron chi connectivity index (χ2n) is 24.2. The van der Waals surface area contributed by atoms with E-state index in [1.807, 2.05) is 83.1 Å². The topological polar surface area (TPSA) is 264 Å². The Bertz CT molecular complexity index is 1380. The minimum Gasteiger partial charge on any atom is -0.756 e. The Morgan fingerprint density at radius 3 is 0.634 bits per heavy atom. The van der Waals surface area contributed by atoms with Crippen LogP contribution in [0.4, 0.5) is 0 Å². The van der Waals surface area contributed by atoms with Gasteiger partial charge < -0.3 is 33.4 Å². The van der Waals surface area contributed by atoms with Crippen LogP contribution in [-0.2, 0) is 72.6 Å². The van der Waals surface area contributed by atoms with Crippen LogP contribution in [0.2, 0.25) is 0 Å². The molecule has 0 aromatic carbocycles. The molecule has 29 heteroatoms. The van der Waals surface area contributed by atoms with Gasteiger partial charge in [0.1, 0.15) is 28.5 Å². The number of hydrogen-bond donors (Lipinski definition) is 0. The third-order valence-electron chi connectivity index (χ3n) is 3.91. The van der Waals surface area contributed by atoms with Crippen molar-refractivity contribution < 1.29 is 139 Å². The van der Waals surface area contributed by atoms with Crippen molar-refractivity contribution in [1.29, 1.82) is 0 Å². The second-order valence-corrected chi connectivity index (χ2v) is 32.0. The Hall–Kier alpha value is 3.57. The summed E-state index contributed by atoms with van der Waals surface area (Å²) >= 11 is 12.4. The normalized spacial score (nSPS) is 13.1. The van der Waals surface area contributed by atoms with Gasteiger partial charge in [-0.25, -0.2) is 4.57 Å². The van der Waals surface area contributed by atoms with E-state index in [0.29, 0.717) is 3.89 Å². The van der Waals surface area contributed by atoms with E-state index in [0.717, 1.165) is 0 Å². The Kier molecular flexibility index (Phi) is 50.6. The quantitative estimate of drug-likeness (QED) is 0.0760. The first-order valence-corrected chi connectivity index (χ1v) is 30.6. The molecule has 0 unspecified atom stereocenters. The molecule has 0 radical (unpaired) electrons. The number of alkyl halides is 3. The summed E-state index contributed by atoms with van der Waals surface area (Å²) in [5.74, 6) is 0. The van der Waals surface area contributed by atoms with Gasteiger partial charge in [-0.15, -0.1) is 42.1 Å². The third kappa shape index (κ3) is 93.2. The summed E-state index contributed by atoms with van der Waals surface area (Å²) in [6.07, 6.45) is 0. The molecule has 0 bridgehead atoms. The van der Waals surface area contributed by atoms with Gasteiger partial charge in [-0.2, -0.15) is 0 Å². The molecule has 0 spiro atoms. The molecule has 0 rings (SSSR count). The molecular formula is C42H97Cl3IKO19P5+. The molecule has 0 aliphatic carbocycles. The van der Waals surface area contributed by atoms with Crippen molar-refractivity contribution >= 4 is 98.2 Å². The molecule has 0 heterocycles.